The summed E-state index contributed by atoms with van der Waals surface area (Å²) < 4.78 is 14.5. The topological polar surface area (TPSA) is 12.9 Å². The second-order valence-electron chi connectivity index (χ2n) is 3.50. The first kappa shape index (κ1) is 9.37. The third kappa shape index (κ3) is 1.37. The van der Waals surface area contributed by atoms with Crippen LogP contribution in [0, 0.1) is 17.4 Å². The molecule has 70 valence electrons. The number of hydrogen-bond donors (Lipinski definition) is 0. The maximum atomic E-state index is 13.5. The van der Waals surface area contributed by atoms with Crippen molar-refractivity contribution in [2.75, 3.05) is 0 Å². The molecule has 0 saturated carbocycles. The molecule has 1 unspecified atom stereocenters. The van der Waals surface area contributed by atoms with Crippen molar-refractivity contribution in [2.45, 2.75) is 32.9 Å². The van der Waals surface area contributed by atoms with Crippen LogP contribution in [0.2, 0.25) is 0 Å². The molecule has 1 aliphatic carbocycles. The lowest BCUT2D eigenvalue weighted by Gasteiger charge is -2.09. The van der Waals surface area contributed by atoms with E-state index in [0.29, 0.717) is 6.42 Å². The average molecular weight is 291 g/mol. The molecule has 0 aromatic carbocycles. The predicted molar refractivity (Wildman–Crippen MR) is 58.6 cm³/mol. The average Bonchev–Trinajstić information content (AvgIpc) is 2.44. The van der Waals surface area contributed by atoms with Crippen LogP contribution in [0.25, 0.3) is 0 Å². The highest BCUT2D eigenvalue weighted by molar-refractivity contribution is 14.1. The summed E-state index contributed by atoms with van der Waals surface area (Å²) in [4.78, 5) is 4.41. The highest BCUT2D eigenvalue weighted by atomic mass is 127. The largest absolute Gasteiger partial charge is 0.257 e. The fraction of sp³-hybridized carbons (Fsp3) is 0.500. The molecule has 0 fully saturated rings. The van der Waals surface area contributed by atoms with E-state index in [-0.39, 0.29) is 0 Å². The Kier molecular flexibility index (Phi) is 2.30. The number of pyridine rings is 1. The molecule has 0 amide bonds. The third-order valence-electron chi connectivity index (χ3n) is 2.61. The molecular formula is C10H11FIN. The Hall–Kier alpha value is -0.190. The SMILES string of the molecule is Cc1nc(C)c2c(c1I)C(F)CC2. The molecule has 0 bridgehead atoms. The summed E-state index contributed by atoms with van der Waals surface area (Å²) in [5.41, 5.74) is 4.02. The summed E-state index contributed by atoms with van der Waals surface area (Å²) in [7, 11) is 0. The number of aryl methyl sites for hydroxylation is 2. The zero-order valence-electron chi connectivity index (χ0n) is 7.69. The van der Waals surface area contributed by atoms with E-state index >= 15 is 0 Å². The van der Waals surface area contributed by atoms with Gasteiger partial charge in [0, 0.05) is 14.8 Å². The Morgan fingerprint density at radius 1 is 1.38 bits per heavy atom. The van der Waals surface area contributed by atoms with Crippen LogP contribution in [0.3, 0.4) is 0 Å². The van der Waals surface area contributed by atoms with E-state index in [1.54, 1.807) is 0 Å². The predicted octanol–water partition coefficient (Wildman–Crippen LogP) is 3.26. The first-order valence-electron chi connectivity index (χ1n) is 4.40. The zero-order chi connectivity index (χ0) is 9.59. The molecule has 1 atom stereocenters. The molecule has 1 aliphatic rings. The maximum Gasteiger partial charge on any atom is 0.127 e. The minimum absolute atomic E-state index is 0.636. The number of nitrogens with zero attached hydrogens (tertiary/aromatic N) is 1. The Balaban J connectivity index is 2.70. The van der Waals surface area contributed by atoms with Gasteiger partial charge in [0.2, 0.25) is 0 Å². The van der Waals surface area contributed by atoms with Gasteiger partial charge in [-0.25, -0.2) is 4.39 Å². The van der Waals surface area contributed by atoms with E-state index in [2.05, 4.69) is 27.6 Å². The monoisotopic (exact) mass is 291 g/mol. The Morgan fingerprint density at radius 2 is 2.08 bits per heavy atom. The van der Waals surface area contributed by atoms with Gasteiger partial charge in [-0.15, -0.1) is 0 Å². The number of alkyl halides is 1. The van der Waals surface area contributed by atoms with Crippen LogP contribution < -0.4 is 0 Å². The van der Waals surface area contributed by atoms with Gasteiger partial charge in [-0.1, -0.05) is 0 Å². The fourth-order valence-corrected chi connectivity index (χ4v) is 2.73. The van der Waals surface area contributed by atoms with Crippen LogP contribution in [0.15, 0.2) is 0 Å². The van der Waals surface area contributed by atoms with Crippen molar-refractivity contribution in [3.05, 3.63) is 26.1 Å². The van der Waals surface area contributed by atoms with E-state index in [9.17, 15) is 4.39 Å². The summed E-state index contributed by atoms with van der Waals surface area (Å²) in [6, 6.07) is 0. The van der Waals surface area contributed by atoms with Gasteiger partial charge in [0.05, 0.1) is 5.69 Å². The van der Waals surface area contributed by atoms with Gasteiger partial charge in [0.1, 0.15) is 6.17 Å². The molecule has 2 rings (SSSR count). The van der Waals surface area contributed by atoms with Gasteiger partial charge < -0.3 is 0 Å². The molecule has 13 heavy (non-hydrogen) atoms. The normalized spacial score (nSPS) is 20.5. The van der Waals surface area contributed by atoms with Gasteiger partial charge in [0.25, 0.3) is 0 Å². The van der Waals surface area contributed by atoms with Crippen LogP contribution in [0.5, 0.6) is 0 Å². The number of rotatable bonds is 0. The van der Waals surface area contributed by atoms with Crippen LogP contribution in [-0.4, -0.2) is 4.98 Å². The van der Waals surface area contributed by atoms with Gasteiger partial charge >= 0.3 is 0 Å². The highest BCUT2D eigenvalue weighted by Crippen LogP contribution is 2.38. The molecule has 0 aliphatic heterocycles. The van der Waals surface area contributed by atoms with Gasteiger partial charge in [-0.05, 0) is 54.8 Å². The van der Waals surface area contributed by atoms with E-state index in [0.717, 1.165) is 32.5 Å². The third-order valence-corrected chi connectivity index (χ3v) is 3.97. The molecule has 1 aromatic heterocycles. The smallest absolute Gasteiger partial charge is 0.127 e. The summed E-state index contributed by atoms with van der Waals surface area (Å²) >= 11 is 2.20. The summed E-state index contributed by atoms with van der Waals surface area (Å²) in [5, 5.41) is 0. The Morgan fingerprint density at radius 3 is 2.77 bits per heavy atom. The minimum Gasteiger partial charge on any atom is -0.257 e. The van der Waals surface area contributed by atoms with Crippen molar-refractivity contribution in [3.63, 3.8) is 0 Å². The van der Waals surface area contributed by atoms with Gasteiger partial charge in [-0.2, -0.15) is 0 Å². The van der Waals surface area contributed by atoms with Crippen molar-refractivity contribution in [2.24, 2.45) is 0 Å². The quantitative estimate of drug-likeness (QED) is 0.669. The Labute approximate surface area is 90.9 Å². The molecule has 1 nitrogen and oxygen atoms in total. The number of halogens is 2. The molecule has 0 radical (unpaired) electrons. The zero-order valence-corrected chi connectivity index (χ0v) is 9.85. The lowest BCUT2D eigenvalue weighted by molar-refractivity contribution is 0.342. The molecule has 0 N–H and O–H groups in total. The second kappa shape index (κ2) is 3.19. The van der Waals surface area contributed by atoms with Crippen LogP contribution >= 0.6 is 22.6 Å². The molecule has 1 heterocycles. The van der Waals surface area contributed by atoms with Crippen LogP contribution in [-0.2, 0) is 6.42 Å². The Bertz CT molecular complexity index is 362. The molecule has 1 aromatic rings. The van der Waals surface area contributed by atoms with Gasteiger partial charge in [0.15, 0.2) is 0 Å². The first-order chi connectivity index (χ1) is 6.11. The second-order valence-corrected chi connectivity index (χ2v) is 4.57. The molecule has 0 saturated heterocycles. The van der Waals surface area contributed by atoms with Crippen molar-refractivity contribution >= 4 is 22.6 Å². The van der Waals surface area contributed by atoms with Crippen LogP contribution in [0.4, 0.5) is 4.39 Å². The van der Waals surface area contributed by atoms with E-state index in [1.165, 1.54) is 0 Å². The van der Waals surface area contributed by atoms with Crippen LogP contribution in [0.1, 0.15) is 35.1 Å². The standard InChI is InChI=1S/C10H11FIN/c1-5-7-3-4-8(11)9(7)10(12)6(2)13-5/h8H,3-4H2,1-2H3. The fourth-order valence-electron chi connectivity index (χ4n) is 1.95. The molecule has 3 heteroatoms. The van der Waals surface area contributed by atoms with Crippen molar-refractivity contribution < 1.29 is 4.39 Å². The maximum absolute atomic E-state index is 13.5. The highest BCUT2D eigenvalue weighted by Gasteiger charge is 2.27. The number of aromatic nitrogens is 1. The van der Waals surface area contributed by atoms with E-state index in [4.69, 9.17) is 0 Å². The van der Waals surface area contributed by atoms with Gasteiger partial charge in [-0.3, -0.25) is 4.98 Å². The van der Waals surface area contributed by atoms with Crippen molar-refractivity contribution in [3.8, 4) is 0 Å². The summed E-state index contributed by atoms with van der Waals surface area (Å²) in [5.74, 6) is 0. The minimum atomic E-state index is -0.762. The number of hydrogen-bond acceptors (Lipinski definition) is 1. The molecular weight excluding hydrogens is 280 g/mol. The van der Waals surface area contributed by atoms with Crippen molar-refractivity contribution in [1.82, 2.24) is 4.98 Å². The summed E-state index contributed by atoms with van der Waals surface area (Å²) in [6.07, 6.45) is 0.727. The lowest BCUT2D eigenvalue weighted by Crippen LogP contribution is -2.00. The van der Waals surface area contributed by atoms with E-state index in [1.807, 2.05) is 13.8 Å². The lowest BCUT2D eigenvalue weighted by atomic mass is 10.1. The first-order valence-corrected chi connectivity index (χ1v) is 5.48. The van der Waals surface area contributed by atoms with Crippen molar-refractivity contribution in [1.29, 1.82) is 0 Å². The summed E-state index contributed by atoms with van der Waals surface area (Å²) in [6.45, 7) is 3.92. The van der Waals surface area contributed by atoms with E-state index < -0.39 is 6.17 Å². The number of fused-ring (bicyclic) bond motifs is 1. The molecule has 0 spiro atoms.